The van der Waals surface area contributed by atoms with E-state index in [0.29, 0.717) is 24.2 Å². The van der Waals surface area contributed by atoms with Crippen molar-refractivity contribution >= 4 is 29.5 Å². The lowest BCUT2D eigenvalue weighted by molar-refractivity contribution is -0.184. The van der Waals surface area contributed by atoms with Crippen molar-refractivity contribution in [3.63, 3.8) is 0 Å². The summed E-state index contributed by atoms with van der Waals surface area (Å²) in [7, 11) is 0. The minimum absolute atomic E-state index is 0.00613. The van der Waals surface area contributed by atoms with E-state index in [4.69, 9.17) is 4.74 Å². The first kappa shape index (κ1) is 26.3. The van der Waals surface area contributed by atoms with Gasteiger partial charge in [0, 0.05) is 4.75 Å². The Kier molecular flexibility index (Phi) is 7.50. The molecule has 0 unspecified atom stereocenters. The number of amides is 2. The largest absolute Gasteiger partial charge is 0.480 e. The molecule has 0 aromatic rings. The van der Waals surface area contributed by atoms with Crippen molar-refractivity contribution in [2.24, 2.45) is 23.7 Å². The number of carboxylic acids is 1. The second-order valence-corrected chi connectivity index (χ2v) is 13.2. The molecule has 0 bridgehead atoms. The molecule has 8 heteroatoms. The molecule has 2 N–H and O–H groups in total. The standard InChI is InChI=1S/C25H42N2O5S/c1-9-25(14(4)5,32-17-12-15(6)10-11-16(17)13(2)3)23(31)26-18-20(28)27-19(22(29)30)24(7,8)33-21(18)27/h13-19,21H,9-12H2,1-8H3,(H,26,31)(H,29,30)/t15-,16-,17-,18-,19+,21-,25-/m1/s1. The number of aliphatic carboxylic acids is 1. The Hall–Kier alpha value is -1.28. The molecule has 7 atom stereocenters. The predicted molar refractivity (Wildman–Crippen MR) is 130 cm³/mol. The van der Waals surface area contributed by atoms with E-state index >= 15 is 0 Å². The number of hydrogen-bond acceptors (Lipinski definition) is 5. The van der Waals surface area contributed by atoms with Crippen LogP contribution in [0.15, 0.2) is 0 Å². The van der Waals surface area contributed by atoms with E-state index in [1.807, 2.05) is 34.6 Å². The van der Waals surface area contributed by atoms with Gasteiger partial charge in [-0.3, -0.25) is 9.59 Å². The van der Waals surface area contributed by atoms with E-state index in [1.165, 1.54) is 23.1 Å². The first-order chi connectivity index (χ1) is 15.3. The van der Waals surface area contributed by atoms with Crippen molar-refractivity contribution < 1.29 is 24.2 Å². The summed E-state index contributed by atoms with van der Waals surface area (Å²) in [6, 6.07) is -1.61. The third-order valence-electron chi connectivity index (χ3n) is 8.13. The Morgan fingerprint density at radius 3 is 2.42 bits per heavy atom. The van der Waals surface area contributed by atoms with Gasteiger partial charge >= 0.3 is 5.97 Å². The van der Waals surface area contributed by atoms with Gasteiger partial charge in [-0.15, -0.1) is 11.8 Å². The highest BCUT2D eigenvalue weighted by Crippen LogP contribution is 2.51. The highest BCUT2D eigenvalue weighted by molar-refractivity contribution is 8.01. The third-order valence-corrected chi connectivity index (χ3v) is 9.70. The molecule has 0 radical (unpaired) electrons. The Balaban J connectivity index is 1.81. The smallest absolute Gasteiger partial charge is 0.327 e. The zero-order valence-electron chi connectivity index (χ0n) is 21.4. The lowest BCUT2D eigenvalue weighted by atomic mass is 9.74. The zero-order valence-corrected chi connectivity index (χ0v) is 22.2. The van der Waals surface area contributed by atoms with Crippen molar-refractivity contribution in [1.82, 2.24) is 10.2 Å². The number of nitrogens with zero attached hydrogens (tertiary/aromatic N) is 1. The molecule has 1 saturated carbocycles. The maximum absolute atomic E-state index is 13.8. The molecule has 0 aromatic carbocycles. The van der Waals surface area contributed by atoms with Crippen LogP contribution in [0.3, 0.4) is 0 Å². The molecular weight excluding hydrogens is 440 g/mol. The van der Waals surface area contributed by atoms with Crippen LogP contribution < -0.4 is 5.32 Å². The van der Waals surface area contributed by atoms with Crippen molar-refractivity contribution in [2.75, 3.05) is 0 Å². The number of fused-ring (bicyclic) bond motifs is 1. The highest BCUT2D eigenvalue weighted by Gasteiger charge is 2.64. The van der Waals surface area contributed by atoms with Crippen molar-refractivity contribution in [1.29, 1.82) is 0 Å². The molecule has 2 amide bonds. The van der Waals surface area contributed by atoms with Crippen LogP contribution in [0, 0.1) is 23.7 Å². The molecule has 188 valence electrons. The molecule has 3 fully saturated rings. The Morgan fingerprint density at radius 2 is 1.91 bits per heavy atom. The molecule has 2 saturated heterocycles. The number of thioether (sulfide) groups is 1. The van der Waals surface area contributed by atoms with E-state index in [-0.39, 0.29) is 29.2 Å². The molecule has 0 aromatic heterocycles. The first-order valence-electron chi connectivity index (χ1n) is 12.5. The number of rotatable bonds is 8. The van der Waals surface area contributed by atoms with Crippen LogP contribution in [-0.2, 0) is 19.1 Å². The van der Waals surface area contributed by atoms with Crippen LogP contribution in [0.4, 0.5) is 0 Å². The number of hydrogen-bond donors (Lipinski definition) is 2. The Morgan fingerprint density at radius 1 is 1.27 bits per heavy atom. The van der Waals surface area contributed by atoms with Gasteiger partial charge in [0.05, 0.1) is 6.10 Å². The quantitative estimate of drug-likeness (QED) is 0.510. The van der Waals surface area contributed by atoms with Gasteiger partial charge < -0.3 is 20.1 Å². The molecule has 3 rings (SSSR count). The summed E-state index contributed by atoms with van der Waals surface area (Å²) >= 11 is 1.44. The van der Waals surface area contributed by atoms with Gasteiger partial charge in [0.15, 0.2) is 0 Å². The second kappa shape index (κ2) is 9.40. The molecule has 1 aliphatic carbocycles. The number of ether oxygens (including phenoxy) is 1. The van der Waals surface area contributed by atoms with Crippen molar-refractivity contribution in [2.45, 2.75) is 115 Å². The fourth-order valence-electron chi connectivity index (χ4n) is 6.03. The summed E-state index contributed by atoms with van der Waals surface area (Å²) in [5, 5.41) is 12.3. The van der Waals surface area contributed by atoms with E-state index < -0.39 is 28.4 Å². The number of carbonyl (C=O) groups excluding carboxylic acids is 2. The van der Waals surface area contributed by atoms with Gasteiger partial charge in [-0.25, -0.2) is 4.79 Å². The SMILES string of the molecule is CC[C@](O[C@@H]1C[C@H](C)CC[C@@H]1C(C)C)(C(=O)N[C@@H]1C(=O)N2[C@@H]1SC(C)(C)[C@@H]2C(=O)O)C(C)C. The molecule has 33 heavy (non-hydrogen) atoms. The van der Waals surface area contributed by atoms with E-state index in [0.717, 1.165) is 12.8 Å². The average Bonchev–Trinajstić information content (AvgIpc) is 2.97. The number of carbonyl (C=O) groups is 3. The summed E-state index contributed by atoms with van der Waals surface area (Å²) < 4.78 is 6.15. The fourth-order valence-corrected chi connectivity index (χ4v) is 7.66. The maximum atomic E-state index is 13.8. The van der Waals surface area contributed by atoms with E-state index in [2.05, 4.69) is 26.1 Å². The van der Waals surface area contributed by atoms with Gasteiger partial charge in [0.25, 0.3) is 5.91 Å². The predicted octanol–water partition coefficient (Wildman–Crippen LogP) is 3.90. The summed E-state index contributed by atoms with van der Waals surface area (Å²) in [6.45, 7) is 16.3. The summed E-state index contributed by atoms with van der Waals surface area (Å²) in [5.74, 6) is -0.219. The van der Waals surface area contributed by atoms with E-state index in [9.17, 15) is 19.5 Å². The van der Waals surface area contributed by atoms with Gasteiger partial charge in [0.2, 0.25) is 5.91 Å². The first-order valence-corrected chi connectivity index (χ1v) is 13.4. The van der Waals surface area contributed by atoms with Crippen molar-refractivity contribution in [3.8, 4) is 0 Å². The molecule has 0 spiro atoms. The van der Waals surface area contributed by atoms with Crippen LogP contribution in [-0.4, -0.2) is 61.7 Å². The average molecular weight is 483 g/mol. The van der Waals surface area contributed by atoms with Crippen LogP contribution in [0.5, 0.6) is 0 Å². The lowest BCUT2D eigenvalue weighted by Crippen LogP contribution is -2.72. The molecule has 7 nitrogen and oxygen atoms in total. The summed E-state index contributed by atoms with van der Waals surface area (Å²) in [5.41, 5.74) is -1.03. The molecule has 2 aliphatic heterocycles. The molecular formula is C25H42N2O5S. The zero-order chi connectivity index (χ0) is 24.9. The summed E-state index contributed by atoms with van der Waals surface area (Å²) in [6.07, 6.45) is 3.74. The number of β-lactam (4-membered cyclic amide) rings is 1. The lowest BCUT2D eigenvalue weighted by Gasteiger charge is -2.47. The fraction of sp³-hybridized carbons (Fsp3) is 0.880. The normalized spacial score (nSPS) is 35.2. The maximum Gasteiger partial charge on any atom is 0.327 e. The van der Waals surface area contributed by atoms with Crippen LogP contribution in [0.1, 0.15) is 81.1 Å². The van der Waals surface area contributed by atoms with Gasteiger partial charge in [-0.1, -0.05) is 48.0 Å². The van der Waals surface area contributed by atoms with Gasteiger partial charge in [-0.05, 0) is 56.8 Å². The molecule has 2 heterocycles. The second-order valence-electron chi connectivity index (χ2n) is 11.4. The Labute approximate surface area is 202 Å². The highest BCUT2D eigenvalue weighted by atomic mass is 32.2. The number of carboxylic acid groups (broad SMARTS) is 1. The monoisotopic (exact) mass is 482 g/mol. The minimum atomic E-state index is -1.03. The van der Waals surface area contributed by atoms with Gasteiger partial charge in [-0.2, -0.15) is 0 Å². The molecule has 3 aliphatic rings. The minimum Gasteiger partial charge on any atom is -0.480 e. The van der Waals surface area contributed by atoms with Crippen LogP contribution in [0.2, 0.25) is 0 Å². The number of nitrogens with one attached hydrogen (secondary N) is 1. The van der Waals surface area contributed by atoms with Crippen molar-refractivity contribution in [3.05, 3.63) is 0 Å². The Bertz CT molecular complexity index is 785. The summed E-state index contributed by atoms with van der Waals surface area (Å²) in [4.78, 5) is 39.9. The van der Waals surface area contributed by atoms with Crippen LogP contribution >= 0.6 is 11.8 Å². The van der Waals surface area contributed by atoms with E-state index in [1.54, 1.807) is 0 Å². The topological polar surface area (TPSA) is 95.9 Å². The third kappa shape index (κ3) is 4.54. The van der Waals surface area contributed by atoms with Crippen LogP contribution in [0.25, 0.3) is 0 Å². The van der Waals surface area contributed by atoms with Gasteiger partial charge in [0.1, 0.15) is 23.1 Å².